The largest absolute Gasteiger partial charge is 0.460 e. The predicted molar refractivity (Wildman–Crippen MR) is 74.5 cm³/mol. The Morgan fingerprint density at radius 2 is 2.26 bits per heavy atom. The lowest BCUT2D eigenvalue weighted by molar-refractivity contribution is -0.150. The maximum absolute atomic E-state index is 12.1. The average Bonchev–Trinajstić information content (AvgIpc) is 2.92. The second kappa shape index (κ2) is 6.93. The Hall–Kier alpha value is -1.83. The minimum Gasteiger partial charge on any atom is -0.460 e. The summed E-state index contributed by atoms with van der Waals surface area (Å²) in [6, 6.07) is 9.64. The van der Waals surface area contributed by atoms with Crippen molar-refractivity contribution < 1.29 is 9.53 Å². The van der Waals surface area contributed by atoms with Crippen molar-refractivity contribution in [1.29, 1.82) is 0 Å². The van der Waals surface area contributed by atoms with Gasteiger partial charge < -0.3 is 4.74 Å². The molecule has 0 radical (unpaired) electrons. The zero-order valence-electron chi connectivity index (χ0n) is 11.0. The van der Waals surface area contributed by atoms with Gasteiger partial charge in [0.1, 0.15) is 12.6 Å². The van der Waals surface area contributed by atoms with Gasteiger partial charge in [0.05, 0.1) is 0 Å². The van der Waals surface area contributed by atoms with Crippen LogP contribution in [0.5, 0.6) is 0 Å². The minimum atomic E-state index is -0.126. The van der Waals surface area contributed by atoms with Crippen LogP contribution in [0.3, 0.4) is 0 Å². The number of esters is 1. The van der Waals surface area contributed by atoms with Gasteiger partial charge in [-0.3, -0.25) is 9.69 Å². The minimum absolute atomic E-state index is 0.117. The Balaban J connectivity index is 1.86. The van der Waals surface area contributed by atoms with E-state index < -0.39 is 0 Å². The van der Waals surface area contributed by atoms with Crippen LogP contribution in [0.4, 0.5) is 0 Å². The molecule has 0 spiro atoms. The van der Waals surface area contributed by atoms with E-state index in [2.05, 4.69) is 17.2 Å². The molecule has 1 aliphatic heterocycles. The number of likely N-dealkylation sites (tertiary alicyclic amines) is 1. The molecule has 3 heteroatoms. The predicted octanol–water partition coefficient (Wildman–Crippen LogP) is 2.54. The number of rotatable bonds is 5. The van der Waals surface area contributed by atoms with E-state index in [-0.39, 0.29) is 12.0 Å². The number of ether oxygens (including phenoxy) is 1. The summed E-state index contributed by atoms with van der Waals surface area (Å²) in [6.07, 6.45) is 3.76. The maximum atomic E-state index is 12.1. The van der Waals surface area contributed by atoms with Crippen molar-refractivity contribution >= 4 is 5.97 Å². The number of hydrogen-bond acceptors (Lipinski definition) is 3. The Labute approximate surface area is 114 Å². The number of carbonyl (C=O) groups excluding carboxylic acids is 1. The zero-order valence-corrected chi connectivity index (χ0v) is 11.0. The van der Waals surface area contributed by atoms with Gasteiger partial charge in [-0.15, -0.1) is 5.73 Å². The first kappa shape index (κ1) is 13.6. The van der Waals surface area contributed by atoms with E-state index in [0.717, 1.165) is 24.9 Å². The highest BCUT2D eigenvalue weighted by Gasteiger charge is 2.30. The highest BCUT2D eigenvalue weighted by molar-refractivity contribution is 5.76. The van der Waals surface area contributed by atoms with Crippen LogP contribution in [0.15, 0.2) is 48.7 Å². The molecule has 100 valence electrons. The SMILES string of the molecule is C=C=CCN1CCC[C@H]1C(=O)OCc1ccccc1. The van der Waals surface area contributed by atoms with Gasteiger partial charge in [-0.05, 0) is 31.0 Å². The third kappa shape index (κ3) is 3.82. The first-order chi connectivity index (χ1) is 9.31. The Bertz CT molecular complexity index is 463. The molecule has 1 aliphatic rings. The fourth-order valence-electron chi connectivity index (χ4n) is 2.32. The first-order valence-corrected chi connectivity index (χ1v) is 6.60. The van der Waals surface area contributed by atoms with Gasteiger partial charge >= 0.3 is 5.97 Å². The van der Waals surface area contributed by atoms with Gasteiger partial charge in [0.2, 0.25) is 0 Å². The molecule has 0 saturated carbocycles. The molecule has 2 rings (SSSR count). The summed E-state index contributed by atoms with van der Waals surface area (Å²) in [5, 5.41) is 0. The molecule has 0 bridgehead atoms. The van der Waals surface area contributed by atoms with E-state index in [0.29, 0.717) is 13.2 Å². The molecule has 0 unspecified atom stereocenters. The average molecular weight is 257 g/mol. The van der Waals surface area contributed by atoms with Crippen molar-refractivity contribution in [2.45, 2.75) is 25.5 Å². The van der Waals surface area contributed by atoms with Crippen molar-refractivity contribution in [2.75, 3.05) is 13.1 Å². The number of benzene rings is 1. The van der Waals surface area contributed by atoms with Crippen LogP contribution in [-0.2, 0) is 16.1 Å². The normalized spacial score (nSPS) is 18.8. The van der Waals surface area contributed by atoms with Crippen LogP contribution in [0, 0.1) is 0 Å². The van der Waals surface area contributed by atoms with Gasteiger partial charge in [0.25, 0.3) is 0 Å². The van der Waals surface area contributed by atoms with E-state index in [1.807, 2.05) is 36.4 Å². The standard InChI is InChI=1S/C16H19NO2/c1-2-3-11-17-12-7-10-15(17)16(18)19-13-14-8-5-4-6-9-14/h3-6,8-9,15H,1,7,10-13H2/t15-/m0/s1. The second-order valence-electron chi connectivity index (χ2n) is 4.65. The van der Waals surface area contributed by atoms with Gasteiger partial charge in [0.15, 0.2) is 0 Å². The molecule has 1 heterocycles. The Morgan fingerprint density at radius 3 is 3.00 bits per heavy atom. The molecule has 1 fully saturated rings. The summed E-state index contributed by atoms with van der Waals surface area (Å²) in [6.45, 7) is 5.54. The van der Waals surface area contributed by atoms with Crippen LogP contribution >= 0.6 is 0 Å². The second-order valence-corrected chi connectivity index (χ2v) is 4.65. The molecule has 0 amide bonds. The third-order valence-electron chi connectivity index (χ3n) is 3.33. The van der Waals surface area contributed by atoms with Crippen LogP contribution in [0.25, 0.3) is 0 Å². The van der Waals surface area contributed by atoms with Gasteiger partial charge in [-0.2, -0.15) is 0 Å². The first-order valence-electron chi connectivity index (χ1n) is 6.60. The summed E-state index contributed by atoms with van der Waals surface area (Å²) in [5.41, 5.74) is 3.76. The van der Waals surface area contributed by atoms with Gasteiger partial charge in [-0.1, -0.05) is 36.9 Å². The van der Waals surface area contributed by atoms with E-state index in [9.17, 15) is 4.79 Å². The van der Waals surface area contributed by atoms with E-state index in [1.54, 1.807) is 0 Å². The van der Waals surface area contributed by atoms with Crippen molar-refractivity contribution in [1.82, 2.24) is 4.90 Å². The highest BCUT2D eigenvalue weighted by Crippen LogP contribution is 2.18. The Morgan fingerprint density at radius 1 is 1.47 bits per heavy atom. The molecule has 1 atom stereocenters. The Kier molecular flexibility index (Phi) is 4.96. The number of carbonyl (C=O) groups is 1. The van der Waals surface area contributed by atoms with Crippen molar-refractivity contribution in [3.63, 3.8) is 0 Å². The molecule has 0 aliphatic carbocycles. The molecular formula is C16H19NO2. The van der Waals surface area contributed by atoms with Gasteiger partial charge in [0, 0.05) is 6.54 Å². The molecule has 1 aromatic carbocycles. The van der Waals surface area contributed by atoms with Crippen LogP contribution in [0.1, 0.15) is 18.4 Å². The molecule has 0 aromatic heterocycles. The topological polar surface area (TPSA) is 29.5 Å². The summed E-state index contributed by atoms with van der Waals surface area (Å²) in [7, 11) is 0. The quantitative estimate of drug-likeness (QED) is 0.599. The van der Waals surface area contributed by atoms with Crippen LogP contribution < -0.4 is 0 Å². The molecule has 19 heavy (non-hydrogen) atoms. The monoisotopic (exact) mass is 257 g/mol. The third-order valence-corrected chi connectivity index (χ3v) is 3.33. The summed E-state index contributed by atoms with van der Waals surface area (Å²) < 4.78 is 5.39. The molecular weight excluding hydrogens is 238 g/mol. The molecule has 0 N–H and O–H groups in total. The van der Waals surface area contributed by atoms with E-state index >= 15 is 0 Å². The molecule has 1 saturated heterocycles. The lowest BCUT2D eigenvalue weighted by atomic mass is 10.2. The lowest BCUT2D eigenvalue weighted by Crippen LogP contribution is -2.37. The summed E-state index contributed by atoms with van der Waals surface area (Å²) in [4.78, 5) is 14.2. The molecule has 3 nitrogen and oxygen atoms in total. The van der Waals surface area contributed by atoms with Crippen LogP contribution in [0.2, 0.25) is 0 Å². The van der Waals surface area contributed by atoms with E-state index in [1.165, 1.54) is 0 Å². The van der Waals surface area contributed by atoms with Gasteiger partial charge in [-0.25, -0.2) is 0 Å². The fourth-order valence-corrected chi connectivity index (χ4v) is 2.32. The van der Waals surface area contributed by atoms with Crippen molar-refractivity contribution in [2.24, 2.45) is 0 Å². The summed E-state index contributed by atoms with van der Waals surface area (Å²) in [5.74, 6) is -0.126. The number of hydrogen-bond donors (Lipinski definition) is 0. The van der Waals surface area contributed by atoms with Crippen LogP contribution in [-0.4, -0.2) is 30.0 Å². The smallest absolute Gasteiger partial charge is 0.323 e. The highest BCUT2D eigenvalue weighted by atomic mass is 16.5. The lowest BCUT2D eigenvalue weighted by Gasteiger charge is -2.21. The zero-order chi connectivity index (χ0) is 13.5. The van der Waals surface area contributed by atoms with Crippen molar-refractivity contribution in [3.8, 4) is 0 Å². The number of nitrogens with zero attached hydrogens (tertiary/aromatic N) is 1. The van der Waals surface area contributed by atoms with E-state index in [4.69, 9.17) is 4.74 Å². The van der Waals surface area contributed by atoms with Crippen molar-refractivity contribution in [3.05, 3.63) is 54.3 Å². The maximum Gasteiger partial charge on any atom is 0.323 e. The molecule has 1 aromatic rings. The summed E-state index contributed by atoms with van der Waals surface area (Å²) >= 11 is 0. The fraction of sp³-hybridized carbons (Fsp3) is 0.375.